The van der Waals surface area contributed by atoms with Gasteiger partial charge >= 0.3 is 0 Å². The molecule has 0 spiro atoms. The third-order valence-corrected chi connectivity index (χ3v) is 4.02. The molecule has 15 heavy (non-hydrogen) atoms. The highest BCUT2D eigenvalue weighted by molar-refractivity contribution is 5.10. The highest BCUT2D eigenvalue weighted by atomic mass is 16.7. The Labute approximate surface area is 90.4 Å². The van der Waals surface area contributed by atoms with E-state index in [0.717, 1.165) is 19.4 Å². The van der Waals surface area contributed by atoms with Crippen molar-refractivity contribution in [2.24, 2.45) is 11.8 Å². The standard InChI is InChI=1S/C12H18O3/c1-7-3-4-8-9(5-7)11(13-2)12-14-6-10(8)15-12/h3,8-12H,4-6H2,1-2H3/t8-,9+,10+,11+,12+/m0/s1. The Morgan fingerprint density at radius 1 is 1.40 bits per heavy atom. The number of hydrogen-bond acceptors (Lipinski definition) is 3. The average Bonchev–Trinajstić information content (AvgIpc) is 2.64. The van der Waals surface area contributed by atoms with Crippen molar-refractivity contribution in [3.8, 4) is 0 Å². The summed E-state index contributed by atoms with van der Waals surface area (Å²) in [6.45, 7) is 2.96. The van der Waals surface area contributed by atoms with Gasteiger partial charge in [0.1, 0.15) is 6.10 Å². The Hall–Kier alpha value is -0.380. The number of ether oxygens (including phenoxy) is 3. The van der Waals surface area contributed by atoms with Crippen LogP contribution in [0.15, 0.2) is 11.6 Å². The number of methoxy groups -OCH3 is 1. The fourth-order valence-electron chi connectivity index (χ4n) is 3.23. The Balaban J connectivity index is 1.89. The zero-order valence-corrected chi connectivity index (χ0v) is 9.31. The molecule has 2 bridgehead atoms. The van der Waals surface area contributed by atoms with Crippen molar-refractivity contribution >= 4 is 0 Å². The van der Waals surface area contributed by atoms with Gasteiger partial charge in [-0.05, 0) is 31.6 Å². The fourth-order valence-corrected chi connectivity index (χ4v) is 3.23. The van der Waals surface area contributed by atoms with E-state index < -0.39 is 0 Å². The Morgan fingerprint density at radius 2 is 2.27 bits per heavy atom. The summed E-state index contributed by atoms with van der Waals surface area (Å²) >= 11 is 0. The molecule has 2 saturated heterocycles. The smallest absolute Gasteiger partial charge is 0.184 e. The number of fused-ring (bicyclic) bond motifs is 4. The van der Waals surface area contributed by atoms with Crippen molar-refractivity contribution in [3.05, 3.63) is 11.6 Å². The lowest BCUT2D eigenvalue weighted by molar-refractivity contribution is -0.203. The zero-order chi connectivity index (χ0) is 10.4. The lowest BCUT2D eigenvalue weighted by Crippen LogP contribution is -2.48. The lowest BCUT2D eigenvalue weighted by Gasteiger charge is -2.42. The van der Waals surface area contributed by atoms with Gasteiger partial charge in [-0.1, -0.05) is 11.6 Å². The topological polar surface area (TPSA) is 27.7 Å². The molecule has 84 valence electrons. The van der Waals surface area contributed by atoms with E-state index in [4.69, 9.17) is 14.2 Å². The largest absolute Gasteiger partial charge is 0.376 e. The number of hydrogen-bond donors (Lipinski definition) is 0. The molecule has 3 heteroatoms. The van der Waals surface area contributed by atoms with E-state index in [1.807, 2.05) is 0 Å². The van der Waals surface area contributed by atoms with Crippen LogP contribution in [-0.2, 0) is 14.2 Å². The maximum absolute atomic E-state index is 5.83. The molecule has 2 fully saturated rings. The quantitative estimate of drug-likeness (QED) is 0.617. The summed E-state index contributed by atoms with van der Waals surface area (Å²) in [5, 5.41) is 0. The molecule has 0 aromatic carbocycles. The van der Waals surface area contributed by atoms with Gasteiger partial charge in [-0.3, -0.25) is 0 Å². The summed E-state index contributed by atoms with van der Waals surface area (Å²) in [6.07, 6.45) is 4.91. The molecule has 0 saturated carbocycles. The van der Waals surface area contributed by atoms with Crippen molar-refractivity contribution in [1.82, 2.24) is 0 Å². The van der Waals surface area contributed by atoms with E-state index in [1.165, 1.54) is 5.57 Å². The molecule has 3 rings (SSSR count). The van der Waals surface area contributed by atoms with E-state index >= 15 is 0 Å². The summed E-state index contributed by atoms with van der Waals surface area (Å²) in [4.78, 5) is 0. The van der Waals surface area contributed by atoms with Crippen LogP contribution in [0.25, 0.3) is 0 Å². The molecular weight excluding hydrogens is 192 g/mol. The van der Waals surface area contributed by atoms with Crippen LogP contribution in [0.4, 0.5) is 0 Å². The second-order valence-corrected chi connectivity index (χ2v) is 4.89. The summed E-state index contributed by atoms with van der Waals surface area (Å²) in [5.41, 5.74) is 1.49. The van der Waals surface area contributed by atoms with Gasteiger partial charge in [0.15, 0.2) is 6.29 Å². The van der Waals surface area contributed by atoms with Gasteiger partial charge in [-0.25, -0.2) is 0 Å². The molecule has 3 aliphatic rings. The zero-order valence-electron chi connectivity index (χ0n) is 9.31. The van der Waals surface area contributed by atoms with Crippen LogP contribution in [0.2, 0.25) is 0 Å². The second-order valence-electron chi connectivity index (χ2n) is 4.89. The van der Waals surface area contributed by atoms with Gasteiger partial charge in [0.05, 0.1) is 12.7 Å². The van der Waals surface area contributed by atoms with E-state index in [1.54, 1.807) is 7.11 Å². The second kappa shape index (κ2) is 3.58. The summed E-state index contributed by atoms with van der Waals surface area (Å²) < 4.78 is 17.0. The first-order valence-corrected chi connectivity index (χ1v) is 5.75. The van der Waals surface area contributed by atoms with Crippen LogP contribution >= 0.6 is 0 Å². The molecule has 0 amide bonds. The molecule has 0 unspecified atom stereocenters. The van der Waals surface area contributed by atoms with Gasteiger partial charge in [-0.2, -0.15) is 0 Å². The molecule has 0 N–H and O–H groups in total. The first kappa shape index (κ1) is 9.82. The molecular formula is C12H18O3. The van der Waals surface area contributed by atoms with E-state index in [2.05, 4.69) is 13.0 Å². The molecule has 0 aromatic heterocycles. The summed E-state index contributed by atoms with van der Waals surface area (Å²) in [7, 11) is 1.76. The maximum atomic E-state index is 5.83. The van der Waals surface area contributed by atoms with Crippen molar-refractivity contribution in [2.75, 3.05) is 13.7 Å². The van der Waals surface area contributed by atoms with Crippen LogP contribution < -0.4 is 0 Å². The average molecular weight is 210 g/mol. The Morgan fingerprint density at radius 3 is 3.07 bits per heavy atom. The van der Waals surface area contributed by atoms with Crippen LogP contribution in [0.1, 0.15) is 19.8 Å². The first-order valence-electron chi connectivity index (χ1n) is 5.75. The van der Waals surface area contributed by atoms with Crippen molar-refractivity contribution in [1.29, 1.82) is 0 Å². The summed E-state index contributed by atoms with van der Waals surface area (Å²) in [5.74, 6) is 1.18. The van der Waals surface area contributed by atoms with Crippen molar-refractivity contribution in [2.45, 2.75) is 38.3 Å². The predicted octanol–water partition coefficient (Wildman–Crippen LogP) is 1.73. The van der Waals surface area contributed by atoms with E-state index in [-0.39, 0.29) is 12.4 Å². The normalized spacial score (nSPS) is 48.7. The van der Waals surface area contributed by atoms with Gasteiger partial charge < -0.3 is 14.2 Å². The van der Waals surface area contributed by atoms with Crippen LogP contribution in [0, 0.1) is 11.8 Å². The van der Waals surface area contributed by atoms with Gasteiger partial charge in [0, 0.05) is 7.11 Å². The molecule has 3 nitrogen and oxygen atoms in total. The van der Waals surface area contributed by atoms with E-state index in [9.17, 15) is 0 Å². The Kier molecular flexibility index (Phi) is 2.34. The van der Waals surface area contributed by atoms with Crippen LogP contribution in [-0.4, -0.2) is 32.2 Å². The van der Waals surface area contributed by atoms with Crippen LogP contribution in [0.3, 0.4) is 0 Å². The molecule has 0 aromatic rings. The van der Waals surface area contributed by atoms with Crippen molar-refractivity contribution < 1.29 is 14.2 Å². The number of allylic oxidation sites excluding steroid dienone is 2. The lowest BCUT2D eigenvalue weighted by atomic mass is 9.73. The minimum atomic E-state index is -0.118. The SMILES string of the molecule is CO[C@H]1[C@@H]2OC[C@@H](O2)[C@H]2CC=C(C)C[C@H]21. The third-order valence-electron chi connectivity index (χ3n) is 4.02. The molecule has 1 aliphatic carbocycles. The van der Waals surface area contributed by atoms with Gasteiger partial charge in [0.2, 0.25) is 0 Å². The molecule has 2 heterocycles. The molecule has 5 atom stereocenters. The predicted molar refractivity (Wildman–Crippen MR) is 55.4 cm³/mol. The highest BCUT2D eigenvalue weighted by Gasteiger charge is 2.50. The maximum Gasteiger partial charge on any atom is 0.184 e. The number of rotatable bonds is 1. The molecule has 0 radical (unpaired) electrons. The first-order chi connectivity index (χ1) is 7.29. The minimum Gasteiger partial charge on any atom is -0.376 e. The Bertz CT molecular complexity index is 287. The monoisotopic (exact) mass is 210 g/mol. The van der Waals surface area contributed by atoms with Crippen LogP contribution in [0.5, 0.6) is 0 Å². The summed E-state index contributed by atoms with van der Waals surface area (Å²) in [6, 6.07) is 0. The van der Waals surface area contributed by atoms with Gasteiger partial charge in [0.25, 0.3) is 0 Å². The fraction of sp³-hybridized carbons (Fsp3) is 0.833. The van der Waals surface area contributed by atoms with Gasteiger partial charge in [-0.15, -0.1) is 0 Å². The molecule has 2 aliphatic heterocycles. The van der Waals surface area contributed by atoms with Crippen molar-refractivity contribution in [3.63, 3.8) is 0 Å². The van der Waals surface area contributed by atoms with E-state index in [0.29, 0.717) is 17.9 Å². The third kappa shape index (κ3) is 1.45. The highest BCUT2D eigenvalue weighted by Crippen LogP contribution is 2.44. The minimum absolute atomic E-state index is 0.118.